The van der Waals surface area contributed by atoms with Gasteiger partial charge in [-0.2, -0.15) is 0 Å². The zero-order valence-electron chi connectivity index (χ0n) is 12.9. The van der Waals surface area contributed by atoms with Crippen LogP contribution in [0.5, 0.6) is 11.5 Å². The van der Waals surface area contributed by atoms with Crippen molar-refractivity contribution in [3.05, 3.63) is 22.7 Å². The molecule has 0 aromatic heterocycles. The molecule has 0 aliphatic carbocycles. The molecule has 0 spiro atoms. The van der Waals surface area contributed by atoms with E-state index in [1.807, 2.05) is 19.1 Å². The first-order valence-corrected chi connectivity index (χ1v) is 8.20. The zero-order valence-corrected chi connectivity index (χ0v) is 13.7. The Morgan fingerprint density at radius 1 is 1.14 bits per heavy atom. The Hall–Kier alpha value is -1.01. The maximum absolute atomic E-state index is 9.45. The van der Waals surface area contributed by atoms with Crippen LogP contribution >= 0.6 is 11.6 Å². The largest absolute Gasteiger partial charge is 0.486 e. The normalized spacial score (nSPS) is 20.9. The number of fused-ring (bicyclic) bond motifs is 1. The van der Waals surface area contributed by atoms with Crippen LogP contribution in [0.1, 0.15) is 12.5 Å². The van der Waals surface area contributed by atoms with E-state index < -0.39 is 0 Å². The van der Waals surface area contributed by atoms with Gasteiger partial charge >= 0.3 is 0 Å². The Balaban J connectivity index is 1.59. The monoisotopic (exact) mass is 326 g/mol. The molecular formula is C16H23ClN2O3. The minimum atomic E-state index is -0.261. The Morgan fingerprint density at radius 3 is 2.55 bits per heavy atom. The van der Waals surface area contributed by atoms with Gasteiger partial charge in [0.2, 0.25) is 0 Å². The molecule has 0 bridgehead atoms. The van der Waals surface area contributed by atoms with Gasteiger partial charge in [-0.05, 0) is 24.6 Å². The molecule has 1 fully saturated rings. The molecule has 0 saturated carbocycles. The van der Waals surface area contributed by atoms with Crippen LogP contribution in [0.4, 0.5) is 0 Å². The number of β-amino-alcohol motifs (C(OH)–C–C–N with tert-alkyl or cyclic N) is 1. The van der Waals surface area contributed by atoms with Gasteiger partial charge in [0.25, 0.3) is 0 Å². The van der Waals surface area contributed by atoms with Gasteiger partial charge in [-0.15, -0.1) is 0 Å². The highest BCUT2D eigenvalue weighted by Gasteiger charge is 2.20. The highest BCUT2D eigenvalue weighted by molar-refractivity contribution is 6.32. The summed E-state index contributed by atoms with van der Waals surface area (Å²) < 4.78 is 11.2. The highest BCUT2D eigenvalue weighted by Crippen LogP contribution is 2.38. The molecule has 6 heteroatoms. The van der Waals surface area contributed by atoms with Crippen LogP contribution < -0.4 is 9.47 Å². The van der Waals surface area contributed by atoms with E-state index >= 15 is 0 Å². The average molecular weight is 327 g/mol. The number of aliphatic hydroxyl groups is 1. The van der Waals surface area contributed by atoms with Crippen molar-refractivity contribution in [3.8, 4) is 11.5 Å². The molecule has 2 aliphatic rings. The van der Waals surface area contributed by atoms with Crippen molar-refractivity contribution < 1.29 is 14.6 Å². The maximum Gasteiger partial charge on any atom is 0.179 e. The molecule has 5 nitrogen and oxygen atoms in total. The van der Waals surface area contributed by atoms with Gasteiger partial charge in [-0.3, -0.25) is 9.80 Å². The highest BCUT2D eigenvalue weighted by atomic mass is 35.5. The van der Waals surface area contributed by atoms with Crippen LogP contribution in [-0.2, 0) is 6.54 Å². The van der Waals surface area contributed by atoms with Gasteiger partial charge in [0.1, 0.15) is 13.2 Å². The van der Waals surface area contributed by atoms with Gasteiger partial charge in [0.15, 0.2) is 11.5 Å². The molecule has 1 unspecified atom stereocenters. The maximum atomic E-state index is 9.45. The number of rotatable bonds is 4. The second-order valence-electron chi connectivity index (χ2n) is 6.03. The van der Waals surface area contributed by atoms with Crippen LogP contribution in [0.25, 0.3) is 0 Å². The quantitative estimate of drug-likeness (QED) is 0.911. The van der Waals surface area contributed by atoms with Gasteiger partial charge in [-0.25, -0.2) is 0 Å². The average Bonchev–Trinajstić information content (AvgIpc) is 2.49. The standard InChI is InChI=1S/C16H23ClN2O3/c1-12(20)10-18-2-4-19(5-3-18)11-13-8-14(17)16-15(9-13)21-6-7-22-16/h8-9,12,20H,2-7,10-11H2,1H3. The summed E-state index contributed by atoms with van der Waals surface area (Å²) in [6, 6.07) is 4.00. The molecule has 2 heterocycles. The molecule has 1 saturated heterocycles. The summed E-state index contributed by atoms with van der Waals surface area (Å²) >= 11 is 6.29. The Morgan fingerprint density at radius 2 is 1.82 bits per heavy atom. The summed E-state index contributed by atoms with van der Waals surface area (Å²) in [5.41, 5.74) is 1.15. The number of ether oxygens (including phenoxy) is 2. The van der Waals surface area contributed by atoms with Crippen LogP contribution in [0.15, 0.2) is 12.1 Å². The minimum absolute atomic E-state index is 0.261. The molecule has 0 radical (unpaired) electrons. The van der Waals surface area contributed by atoms with E-state index in [-0.39, 0.29) is 6.10 Å². The smallest absolute Gasteiger partial charge is 0.179 e. The minimum Gasteiger partial charge on any atom is -0.486 e. The van der Waals surface area contributed by atoms with E-state index in [1.54, 1.807) is 0 Å². The number of benzene rings is 1. The first kappa shape index (κ1) is 15.9. The van der Waals surface area contributed by atoms with Crippen LogP contribution in [0.3, 0.4) is 0 Å². The fourth-order valence-electron chi connectivity index (χ4n) is 3.02. The molecule has 3 rings (SSSR count). The summed E-state index contributed by atoms with van der Waals surface area (Å²) in [4.78, 5) is 4.71. The fourth-order valence-corrected chi connectivity index (χ4v) is 3.31. The zero-order chi connectivity index (χ0) is 15.5. The topological polar surface area (TPSA) is 45.2 Å². The van der Waals surface area contributed by atoms with Gasteiger partial charge in [0, 0.05) is 39.3 Å². The van der Waals surface area contributed by atoms with Gasteiger partial charge < -0.3 is 14.6 Å². The Bertz CT molecular complexity index is 516. The molecule has 1 aromatic rings. The Labute approximate surface area is 136 Å². The summed E-state index contributed by atoms with van der Waals surface area (Å²) in [7, 11) is 0. The fraction of sp³-hybridized carbons (Fsp3) is 0.625. The summed E-state index contributed by atoms with van der Waals surface area (Å²) in [6.07, 6.45) is -0.261. The van der Waals surface area contributed by atoms with Crippen LogP contribution in [-0.4, -0.2) is 66.9 Å². The number of hydrogen-bond acceptors (Lipinski definition) is 5. The van der Waals surface area contributed by atoms with E-state index in [9.17, 15) is 5.11 Å². The molecule has 22 heavy (non-hydrogen) atoms. The lowest BCUT2D eigenvalue weighted by atomic mass is 10.1. The predicted octanol–water partition coefficient (Wildman–Crippen LogP) is 1.61. The van der Waals surface area contributed by atoms with Crippen LogP contribution in [0.2, 0.25) is 5.02 Å². The number of halogens is 1. The van der Waals surface area contributed by atoms with Crippen molar-refractivity contribution in [2.24, 2.45) is 0 Å². The molecule has 1 N–H and O–H groups in total. The van der Waals surface area contributed by atoms with Crippen molar-refractivity contribution in [2.75, 3.05) is 45.9 Å². The van der Waals surface area contributed by atoms with E-state index in [0.717, 1.165) is 50.6 Å². The third-order valence-corrected chi connectivity index (χ3v) is 4.33. The molecular weight excluding hydrogens is 304 g/mol. The van der Waals surface area contributed by atoms with E-state index in [2.05, 4.69) is 9.80 Å². The number of piperazine rings is 1. The molecule has 0 amide bonds. The second-order valence-corrected chi connectivity index (χ2v) is 6.43. The first-order valence-electron chi connectivity index (χ1n) is 7.82. The lowest BCUT2D eigenvalue weighted by Crippen LogP contribution is -2.47. The lowest BCUT2D eigenvalue weighted by molar-refractivity contribution is 0.0780. The van der Waals surface area contributed by atoms with Crippen molar-refractivity contribution in [1.82, 2.24) is 9.80 Å². The van der Waals surface area contributed by atoms with Crippen molar-refractivity contribution in [1.29, 1.82) is 0 Å². The van der Waals surface area contributed by atoms with E-state index in [1.165, 1.54) is 0 Å². The number of hydrogen-bond donors (Lipinski definition) is 1. The third kappa shape index (κ3) is 3.84. The van der Waals surface area contributed by atoms with Crippen LogP contribution in [0, 0.1) is 0 Å². The SMILES string of the molecule is CC(O)CN1CCN(Cc2cc(Cl)c3c(c2)OCCO3)CC1. The van der Waals surface area contributed by atoms with E-state index in [0.29, 0.717) is 24.0 Å². The first-order chi connectivity index (χ1) is 10.6. The summed E-state index contributed by atoms with van der Waals surface area (Å²) in [5.74, 6) is 1.42. The number of nitrogens with zero attached hydrogens (tertiary/aromatic N) is 2. The van der Waals surface area contributed by atoms with E-state index in [4.69, 9.17) is 21.1 Å². The summed E-state index contributed by atoms with van der Waals surface area (Å²) in [5, 5.41) is 10.1. The van der Waals surface area contributed by atoms with Gasteiger partial charge in [-0.1, -0.05) is 11.6 Å². The lowest BCUT2D eigenvalue weighted by Gasteiger charge is -2.35. The van der Waals surface area contributed by atoms with Crippen molar-refractivity contribution in [2.45, 2.75) is 19.6 Å². The predicted molar refractivity (Wildman–Crippen MR) is 85.8 cm³/mol. The molecule has 1 aromatic carbocycles. The van der Waals surface area contributed by atoms with Gasteiger partial charge in [0.05, 0.1) is 11.1 Å². The third-order valence-electron chi connectivity index (χ3n) is 4.05. The second kappa shape index (κ2) is 7.04. The number of aliphatic hydroxyl groups excluding tert-OH is 1. The van der Waals surface area contributed by atoms with Crippen molar-refractivity contribution >= 4 is 11.6 Å². The molecule has 122 valence electrons. The van der Waals surface area contributed by atoms with Crippen molar-refractivity contribution in [3.63, 3.8) is 0 Å². The summed E-state index contributed by atoms with van der Waals surface area (Å²) in [6.45, 7) is 8.55. The Kier molecular flexibility index (Phi) is 5.08. The molecule has 1 atom stereocenters. The molecule has 2 aliphatic heterocycles.